The van der Waals surface area contributed by atoms with E-state index < -0.39 is 17.8 Å². The summed E-state index contributed by atoms with van der Waals surface area (Å²) in [6.07, 6.45) is 3.61. The van der Waals surface area contributed by atoms with E-state index in [1.165, 1.54) is 0 Å². The van der Waals surface area contributed by atoms with Gasteiger partial charge in [0.05, 0.1) is 6.61 Å². The summed E-state index contributed by atoms with van der Waals surface area (Å²) in [4.78, 5) is 24.1. The molecule has 1 saturated carbocycles. The average molecular weight is 297 g/mol. The molecule has 0 aromatic heterocycles. The first-order valence-electron chi connectivity index (χ1n) is 8.09. The van der Waals surface area contributed by atoms with Gasteiger partial charge in [-0.05, 0) is 43.4 Å². The van der Waals surface area contributed by atoms with Crippen LogP contribution in [0.1, 0.15) is 39.5 Å². The predicted molar refractivity (Wildman–Crippen MR) is 78.9 cm³/mol. The standard InChI is InChI=1S/C16H27NO4/c1-11(2)15(21-10-13-5-7-20-8-6-13)14(18)16(19)17-9-12-3-4-12/h11-13,15H,3-10H2,1-2H3,(H,17,19). The molecule has 1 saturated heterocycles. The molecule has 1 unspecified atom stereocenters. The Morgan fingerprint density at radius 1 is 1.14 bits per heavy atom. The summed E-state index contributed by atoms with van der Waals surface area (Å²) >= 11 is 0. The van der Waals surface area contributed by atoms with Gasteiger partial charge in [-0.25, -0.2) is 0 Å². The molecule has 120 valence electrons. The van der Waals surface area contributed by atoms with Crippen LogP contribution in [0, 0.1) is 17.8 Å². The third kappa shape index (κ3) is 5.40. The van der Waals surface area contributed by atoms with E-state index in [-0.39, 0.29) is 5.92 Å². The summed E-state index contributed by atoms with van der Waals surface area (Å²) in [5.74, 6) is 0.0824. The van der Waals surface area contributed by atoms with Gasteiger partial charge >= 0.3 is 0 Å². The molecule has 5 nitrogen and oxygen atoms in total. The maximum Gasteiger partial charge on any atom is 0.290 e. The lowest BCUT2D eigenvalue weighted by Gasteiger charge is -2.26. The summed E-state index contributed by atoms with van der Waals surface area (Å²) in [7, 11) is 0. The molecular weight excluding hydrogens is 270 g/mol. The first-order chi connectivity index (χ1) is 10.1. The second-order valence-electron chi connectivity index (χ2n) is 6.57. The van der Waals surface area contributed by atoms with E-state index in [1.807, 2.05) is 13.8 Å². The molecule has 1 amide bonds. The van der Waals surface area contributed by atoms with Gasteiger partial charge < -0.3 is 14.8 Å². The first-order valence-corrected chi connectivity index (χ1v) is 8.09. The number of amides is 1. The van der Waals surface area contributed by atoms with E-state index in [4.69, 9.17) is 9.47 Å². The summed E-state index contributed by atoms with van der Waals surface area (Å²) in [6, 6.07) is 0. The number of nitrogens with one attached hydrogen (secondary N) is 1. The molecule has 2 rings (SSSR count). The van der Waals surface area contributed by atoms with Crippen LogP contribution in [-0.4, -0.2) is 44.2 Å². The van der Waals surface area contributed by atoms with Gasteiger partial charge in [0.1, 0.15) is 6.10 Å². The smallest absolute Gasteiger partial charge is 0.290 e. The van der Waals surface area contributed by atoms with Crippen molar-refractivity contribution in [3.05, 3.63) is 0 Å². The van der Waals surface area contributed by atoms with Crippen molar-refractivity contribution < 1.29 is 19.1 Å². The Balaban J connectivity index is 1.78. The van der Waals surface area contributed by atoms with Crippen molar-refractivity contribution in [2.75, 3.05) is 26.4 Å². The van der Waals surface area contributed by atoms with Gasteiger partial charge in [0.15, 0.2) is 0 Å². The second-order valence-corrected chi connectivity index (χ2v) is 6.57. The Hall–Kier alpha value is -0.940. The maximum absolute atomic E-state index is 12.2. The zero-order valence-electron chi connectivity index (χ0n) is 13.1. The lowest BCUT2D eigenvalue weighted by atomic mass is 9.99. The molecule has 1 aliphatic carbocycles. The lowest BCUT2D eigenvalue weighted by molar-refractivity contribution is -0.148. The molecule has 0 spiro atoms. The molecule has 1 heterocycles. The summed E-state index contributed by atoms with van der Waals surface area (Å²) in [5, 5.41) is 2.73. The van der Waals surface area contributed by atoms with Crippen LogP contribution in [0.4, 0.5) is 0 Å². The van der Waals surface area contributed by atoms with Gasteiger partial charge in [-0.1, -0.05) is 13.8 Å². The molecule has 0 radical (unpaired) electrons. The minimum atomic E-state index is -0.632. The molecule has 0 bridgehead atoms. The van der Waals surface area contributed by atoms with Crippen molar-refractivity contribution >= 4 is 11.7 Å². The molecule has 5 heteroatoms. The Bertz CT molecular complexity index is 359. The number of Topliss-reactive ketones (excluding diaryl/α,β-unsaturated/α-hetero) is 1. The van der Waals surface area contributed by atoms with E-state index in [2.05, 4.69) is 5.32 Å². The van der Waals surface area contributed by atoms with E-state index in [0.29, 0.717) is 25.0 Å². The Labute approximate surface area is 126 Å². The van der Waals surface area contributed by atoms with Gasteiger partial charge in [0.2, 0.25) is 5.78 Å². The monoisotopic (exact) mass is 297 g/mol. The van der Waals surface area contributed by atoms with Gasteiger partial charge in [-0.2, -0.15) is 0 Å². The van der Waals surface area contributed by atoms with E-state index in [9.17, 15) is 9.59 Å². The predicted octanol–water partition coefficient (Wildman–Crippen LogP) is 1.55. The Kier molecular flexibility index (Phi) is 6.18. The highest BCUT2D eigenvalue weighted by molar-refractivity contribution is 6.37. The summed E-state index contributed by atoms with van der Waals surface area (Å²) in [6.45, 7) is 6.51. The summed E-state index contributed by atoms with van der Waals surface area (Å²) in [5.41, 5.74) is 0. The molecule has 1 aliphatic heterocycles. The summed E-state index contributed by atoms with van der Waals surface area (Å²) < 4.78 is 11.1. The van der Waals surface area contributed by atoms with Gasteiger partial charge in [0.25, 0.3) is 5.91 Å². The fourth-order valence-corrected chi connectivity index (χ4v) is 2.50. The molecule has 2 aliphatic rings. The minimum Gasteiger partial charge on any atom is -0.381 e. The fraction of sp³-hybridized carbons (Fsp3) is 0.875. The topological polar surface area (TPSA) is 64.6 Å². The Morgan fingerprint density at radius 3 is 2.38 bits per heavy atom. The molecule has 1 N–H and O–H groups in total. The number of ketones is 1. The third-order valence-electron chi connectivity index (χ3n) is 4.19. The molecule has 21 heavy (non-hydrogen) atoms. The maximum atomic E-state index is 12.2. The Morgan fingerprint density at radius 2 is 1.81 bits per heavy atom. The zero-order chi connectivity index (χ0) is 15.2. The molecule has 0 aromatic carbocycles. The number of carbonyl (C=O) groups is 2. The number of carbonyl (C=O) groups excluding carboxylic acids is 2. The number of hydrogen-bond donors (Lipinski definition) is 1. The van der Waals surface area contributed by atoms with Crippen LogP contribution < -0.4 is 5.32 Å². The van der Waals surface area contributed by atoms with Crippen LogP contribution >= 0.6 is 0 Å². The zero-order valence-corrected chi connectivity index (χ0v) is 13.1. The van der Waals surface area contributed by atoms with Crippen molar-refractivity contribution in [2.45, 2.75) is 45.6 Å². The van der Waals surface area contributed by atoms with Crippen molar-refractivity contribution in [2.24, 2.45) is 17.8 Å². The van der Waals surface area contributed by atoms with Crippen LogP contribution in [0.2, 0.25) is 0 Å². The highest BCUT2D eigenvalue weighted by Gasteiger charge is 2.31. The highest BCUT2D eigenvalue weighted by atomic mass is 16.5. The first kappa shape index (κ1) is 16.4. The van der Waals surface area contributed by atoms with Gasteiger partial charge in [-0.3, -0.25) is 9.59 Å². The number of hydrogen-bond acceptors (Lipinski definition) is 4. The van der Waals surface area contributed by atoms with E-state index in [0.717, 1.165) is 38.9 Å². The van der Waals surface area contributed by atoms with Crippen molar-refractivity contribution in [3.63, 3.8) is 0 Å². The fourth-order valence-electron chi connectivity index (χ4n) is 2.50. The van der Waals surface area contributed by atoms with Crippen LogP contribution in [0.25, 0.3) is 0 Å². The normalized spacial score (nSPS) is 21.3. The van der Waals surface area contributed by atoms with Crippen LogP contribution in [0.15, 0.2) is 0 Å². The van der Waals surface area contributed by atoms with E-state index >= 15 is 0 Å². The molecule has 1 atom stereocenters. The van der Waals surface area contributed by atoms with Gasteiger partial charge in [-0.15, -0.1) is 0 Å². The lowest BCUT2D eigenvalue weighted by Crippen LogP contribution is -2.43. The molecule has 2 fully saturated rings. The van der Waals surface area contributed by atoms with Crippen molar-refractivity contribution in [1.82, 2.24) is 5.32 Å². The second kappa shape index (κ2) is 7.90. The van der Waals surface area contributed by atoms with E-state index in [1.54, 1.807) is 0 Å². The van der Waals surface area contributed by atoms with Crippen LogP contribution in [0.3, 0.4) is 0 Å². The largest absolute Gasteiger partial charge is 0.381 e. The minimum absolute atomic E-state index is 0.00372. The third-order valence-corrected chi connectivity index (χ3v) is 4.19. The number of rotatable bonds is 8. The van der Waals surface area contributed by atoms with Gasteiger partial charge in [0, 0.05) is 19.8 Å². The highest BCUT2D eigenvalue weighted by Crippen LogP contribution is 2.27. The molecular formula is C16H27NO4. The van der Waals surface area contributed by atoms with Crippen molar-refractivity contribution in [1.29, 1.82) is 0 Å². The number of ether oxygens (including phenoxy) is 2. The average Bonchev–Trinajstić information content (AvgIpc) is 3.29. The SMILES string of the molecule is CC(C)C(OCC1CCOCC1)C(=O)C(=O)NCC1CC1. The molecule has 0 aromatic rings. The quantitative estimate of drug-likeness (QED) is 0.690. The van der Waals surface area contributed by atoms with Crippen molar-refractivity contribution in [3.8, 4) is 0 Å². The van der Waals surface area contributed by atoms with Crippen LogP contribution in [0.5, 0.6) is 0 Å². The van der Waals surface area contributed by atoms with Crippen LogP contribution in [-0.2, 0) is 19.1 Å².